The summed E-state index contributed by atoms with van der Waals surface area (Å²) < 4.78 is 33.2. The Bertz CT molecular complexity index is 708. The fourth-order valence-electron chi connectivity index (χ4n) is 3.24. The van der Waals surface area contributed by atoms with Crippen LogP contribution in [0.4, 0.5) is 8.78 Å². The average Bonchev–Trinajstić information content (AvgIpc) is 2.61. The summed E-state index contributed by atoms with van der Waals surface area (Å²) in [7, 11) is 0. The molecule has 0 aliphatic carbocycles. The molecule has 4 nitrogen and oxygen atoms in total. The number of alkyl halides is 1. The van der Waals surface area contributed by atoms with Crippen molar-refractivity contribution < 1.29 is 13.5 Å². The van der Waals surface area contributed by atoms with Crippen LogP contribution in [0.1, 0.15) is 26.7 Å². The molecule has 0 spiro atoms. The van der Waals surface area contributed by atoms with Crippen molar-refractivity contribution in [3.05, 3.63) is 42.5 Å². The monoisotopic (exact) mass is 361 g/mol. The molecule has 1 fully saturated rings. The molecule has 0 amide bonds. The van der Waals surface area contributed by atoms with E-state index in [4.69, 9.17) is 4.74 Å². The van der Waals surface area contributed by atoms with Crippen LogP contribution < -0.4 is 4.74 Å². The largest absolute Gasteiger partial charge is 0.476 e. The molecule has 0 N–H and O–H groups in total. The molecule has 1 aliphatic rings. The smallest absolute Gasteiger partial charge is 0.232 e. The highest BCUT2D eigenvalue weighted by atomic mass is 19.1. The summed E-state index contributed by atoms with van der Waals surface area (Å²) in [6.45, 7) is 6.06. The molecule has 3 rings (SSSR count). The number of likely N-dealkylation sites (tertiary alicyclic amines) is 1. The number of hydrogen-bond donors (Lipinski definition) is 0. The first-order valence-corrected chi connectivity index (χ1v) is 9.02. The van der Waals surface area contributed by atoms with Gasteiger partial charge in [0.25, 0.3) is 0 Å². The van der Waals surface area contributed by atoms with E-state index in [0.717, 1.165) is 25.9 Å². The summed E-state index contributed by atoms with van der Waals surface area (Å²) in [6.07, 6.45) is 5.02. The number of nitrogens with zero attached hydrogens (tertiary/aromatic N) is 3. The summed E-state index contributed by atoms with van der Waals surface area (Å²) in [5.41, 5.74) is -0.244. The molecule has 6 heteroatoms. The molecule has 1 aromatic heterocycles. The first kappa shape index (κ1) is 18.7. The SMILES string of the molecule is CC(C)(F)CN1CCC(COc2cnc(-c3ccccc3F)cn2)CC1. The second-order valence-electron chi connectivity index (χ2n) is 7.47. The molecule has 140 valence electrons. The Hall–Kier alpha value is -2.08. The molecule has 26 heavy (non-hydrogen) atoms. The lowest BCUT2D eigenvalue weighted by Crippen LogP contribution is -2.41. The van der Waals surface area contributed by atoms with E-state index in [1.807, 2.05) is 0 Å². The maximum atomic E-state index is 13.8. The molecular weight excluding hydrogens is 336 g/mol. The molecule has 0 atom stereocenters. The third kappa shape index (κ3) is 5.21. The van der Waals surface area contributed by atoms with Crippen molar-refractivity contribution in [3.8, 4) is 17.1 Å². The van der Waals surface area contributed by atoms with Gasteiger partial charge in [-0.15, -0.1) is 0 Å². The van der Waals surface area contributed by atoms with Gasteiger partial charge >= 0.3 is 0 Å². The second kappa shape index (κ2) is 8.08. The molecule has 0 unspecified atom stereocenters. The van der Waals surface area contributed by atoms with Gasteiger partial charge in [-0.2, -0.15) is 0 Å². The van der Waals surface area contributed by atoms with Crippen LogP contribution in [0.25, 0.3) is 11.3 Å². The van der Waals surface area contributed by atoms with Gasteiger partial charge in [-0.05, 0) is 57.8 Å². The van der Waals surface area contributed by atoms with Crippen molar-refractivity contribution in [2.75, 3.05) is 26.2 Å². The first-order chi connectivity index (χ1) is 12.4. The number of rotatable bonds is 6. The van der Waals surface area contributed by atoms with Crippen molar-refractivity contribution in [3.63, 3.8) is 0 Å². The van der Waals surface area contributed by atoms with Gasteiger partial charge in [0.05, 0.1) is 24.7 Å². The van der Waals surface area contributed by atoms with Crippen LogP contribution >= 0.6 is 0 Å². The molecule has 0 bridgehead atoms. The predicted octanol–water partition coefficient (Wildman–Crippen LogP) is 4.12. The van der Waals surface area contributed by atoms with Crippen molar-refractivity contribution in [2.45, 2.75) is 32.4 Å². The summed E-state index contributed by atoms with van der Waals surface area (Å²) >= 11 is 0. The molecule has 0 radical (unpaired) electrons. The highest BCUT2D eigenvalue weighted by Gasteiger charge is 2.25. The third-order valence-corrected chi connectivity index (χ3v) is 4.55. The van der Waals surface area contributed by atoms with Gasteiger partial charge in [0.2, 0.25) is 5.88 Å². The fourth-order valence-corrected chi connectivity index (χ4v) is 3.24. The minimum Gasteiger partial charge on any atom is -0.476 e. The van der Waals surface area contributed by atoms with E-state index in [-0.39, 0.29) is 5.82 Å². The quantitative estimate of drug-likeness (QED) is 0.776. The van der Waals surface area contributed by atoms with E-state index in [0.29, 0.717) is 36.2 Å². The zero-order chi connectivity index (χ0) is 18.6. The van der Waals surface area contributed by atoms with E-state index < -0.39 is 5.67 Å². The molecule has 2 heterocycles. The lowest BCUT2D eigenvalue weighted by Gasteiger charge is -2.34. The molecule has 2 aromatic rings. The number of piperidine rings is 1. The zero-order valence-electron chi connectivity index (χ0n) is 15.3. The van der Waals surface area contributed by atoms with Gasteiger partial charge in [-0.25, -0.2) is 18.7 Å². The topological polar surface area (TPSA) is 38.2 Å². The predicted molar refractivity (Wildman–Crippen MR) is 97.3 cm³/mol. The Morgan fingerprint density at radius 1 is 1.15 bits per heavy atom. The van der Waals surface area contributed by atoms with E-state index in [2.05, 4.69) is 14.9 Å². The third-order valence-electron chi connectivity index (χ3n) is 4.55. The molecule has 0 saturated carbocycles. The molecule has 1 aliphatic heterocycles. The van der Waals surface area contributed by atoms with Crippen LogP contribution in [0, 0.1) is 11.7 Å². The van der Waals surface area contributed by atoms with Gasteiger partial charge in [-0.3, -0.25) is 0 Å². The summed E-state index contributed by atoms with van der Waals surface area (Å²) in [5.74, 6) is 0.554. The van der Waals surface area contributed by atoms with Crippen molar-refractivity contribution in [1.82, 2.24) is 14.9 Å². The van der Waals surface area contributed by atoms with Gasteiger partial charge in [0.15, 0.2) is 0 Å². The minimum absolute atomic E-state index is 0.321. The van der Waals surface area contributed by atoms with E-state index in [9.17, 15) is 8.78 Å². The number of benzene rings is 1. The normalized spacial score (nSPS) is 16.6. The second-order valence-corrected chi connectivity index (χ2v) is 7.47. The summed E-state index contributed by atoms with van der Waals surface area (Å²) in [6, 6.07) is 6.48. The zero-order valence-corrected chi connectivity index (χ0v) is 15.3. The Morgan fingerprint density at radius 2 is 1.88 bits per heavy atom. The number of halogens is 2. The van der Waals surface area contributed by atoms with E-state index in [1.165, 1.54) is 18.5 Å². The Labute approximate surface area is 153 Å². The van der Waals surface area contributed by atoms with Crippen molar-refractivity contribution >= 4 is 0 Å². The fraction of sp³-hybridized carbons (Fsp3) is 0.500. The molecular formula is C20H25F2N3O. The molecule has 1 aromatic carbocycles. The first-order valence-electron chi connectivity index (χ1n) is 9.02. The van der Waals surface area contributed by atoms with Gasteiger partial charge in [-0.1, -0.05) is 12.1 Å². The summed E-state index contributed by atoms with van der Waals surface area (Å²) in [4.78, 5) is 10.6. The van der Waals surface area contributed by atoms with Crippen LogP contribution in [0.2, 0.25) is 0 Å². The highest BCUT2D eigenvalue weighted by molar-refractivity contribution is 5.58. The minimum atomic E-state index is -1.15. The van der Waals surface area contributed by atoms with Crippen LogP contribution in [0.15, 0.2) is 36.7 Å². The highest BCUT2D eigenvalue weighted by Crippen LogP contribution is 2.23. The maximum Gasteiger partial charge on any atom is 0.232 e. The van der Waals surface area contributed by atoms with Crippen LogP contribution in [0.5, 0.6) is 5.88 Å². The number of ether oxygens (including phenoxy) is 1. The van der Waals surface area contributed by atoms with E-state index in [1.54, 1.807) is 32.0 Å². The van der Waals surface area contributed by atoms with E-state index >= 15 is 0 Å². The number of hydrogen-bond acceptors (Lipinski definition) is 4. The number of aromatic nitrogens is 2. The Balaban J connectivity index is 1.48. The average molecular weight is 361 g/mol. The summed E-state index contributed by atoms with van der Waals surface area (Å²) in [5, 5.41) is 0. The van der Waals surface area contributed by atoms with Crippen LogP contribution in [-0.4, -0.2) is 46.8 Å². The lowest BCUT2D eigenvalue weighted by atomic mass is 9.97. The van der Waals surface area contributed by atoms with Crippen LogP contribution in [-0.2, 0) is 0 Å². The van der Waals surface area contributed by atoms with Gasteiger partial charge < -0.3 is 9.64 Å². The Kier molecular flexibility index (Phi) is 5.81. The van der Waals surface area contributed by atoms with Crippen molar-refractivity contribution in [2.24, 2.45) is 5.92 Å². The van der Waals surface area contributed by atoms with Crippen molar-refractivity contribution in [1.29, 1.82) is 0 Å². The maximum absolute atomic E-state index is 13.8. The standard InChI is InChI=1S/C20H25F2N3O/c1-20(2,22)14-25-9-7-15(8-10-25)13-26-19-12-23-18(11-24-19)16-5-3-4-6-17(16)21/h3-6,11-12,15H,7-10,13-14H2,1-2H3. The van der Waals surface area contributed by atoms with Gasteiger partial charge in [0, 0.05) is 12.1 Å². The molecule has 1 saturated heterocycles. The van der Waals surface area contributed by atoms with Gasteiger partial charge in [0.1, 0.15) is 11.5 Å². The lowest BCUT2D eigenvalue weighted by molar-refractivity contribution is 0.0829. The van der Waals surface area contributed by atoms with Crippen LogP contribution in [0.3, 0.4) is 0 Å². The Morgan fingerprint density at radius 3 is 2.50 bits per heavy atom.